The van der Waals surface area contributed by atoms with Gasteiger partial charge in [0.15, 0.2) is 5.76 Å². The van der Waals surface area contributed by atoms with Gasteiger partial charge in [0.05, 0.1) is 6.04 Å². The van der Waals surface area contributed by atoms with Gasteiger partial charge in [0.2, 0.25) is 15.9 Å². The van der Waals surface area contributed by atoms with Crippen molar-refractivity contribution in [1.82, 2.24) is 14.8 Å². The van der Waals surface area contributed by atoms with E-state index in [2.05, 4.69) is 10.5 Å². The van der Waals surface area contributed by atoms with E-state index in [-0.39, 0.29) is 28.5 Å². The minimum atomic E-state index is -3.66. The third-order valence-corrected chi connectivity index (χ3v) is 7.08. The number of piperidine rings is 1. The van der Waals surface area contributed by atoms with Crippen LogP contribution in [0.5, 0.6) is 0 Å². The Hall–Kier alpha value is -2.13. The van der Waals surface area contributed by atoms with Gasteiger partial charge in [-0.15, -0.1) is 0 Å². The van der Waals surface area contributed by atoms with Crippen molar-refractivity contribution in [2.45, 2.75) is 51.5 Å². The third-order valence-electron chi connectivity index (χ3n) is 4.94. The largest absolute Gasteiger partial charge is 0.464 e. The Bertz CT molecular complexity index is 903. The lowest BCUT2D eigenvalue weighted by molar-refractivity contribution is -0.126. The summed E-state index contributed by atoms with van der Waals surface area (Å²) in [5.74, 6) is 1.49. The molecule has 3 heterocycles. The van der Waals surface area contributed by atoms with Crippen LogP contribution >= 0.6 is 0 Å². The molecule has 1 aliphatic heterocycles. The summed E-state index contributed by atoms with van der Waals surface area (Å²) in [7, 11) is -3.66. The number of furan rings is 1. The fraction of sp³-hybridized carbons (Fsp3) is 0.556. The van der Waals surface area contributed by atoms with Crippen molar-refractivity contribution in [3.63, 3.8) is 0 Å². The molecule has 0 aromatic carbocycles. The highest BCUT2D eigenvalue weighted by Gasteiger charge is 2.35. The van der Waals surface area contributed by atoms with Crippen LogP contribution in [0.4, 0.5) is 0 Å². The fourth-order valence-electron chi connectivity index (χ4n) is 3.42. The first-order valence-corrected chi connectivity index (χ1v) is 10.4. The zero-order valence-electron chi connectivity index (χ0n) is 16.0. The van der Waals surface area contributed by atoms with Gasteiger partial charge in [-0.25, -0.2) is 8.42 Å². The molecule has 0 aliphatic carbocycles. The van der Waals surface area contributed by atoms with Crippen LogP contribution in [0.1, 0.15) is 48.8 Å². The number of rotatable bonds is 5. The second kappa shape index (κ2) is 7.47. The van der Waals surface area contributed by atoms with E-state index < -0.39 is 10.0 Å². The van der Waals surface area contributed by atoms with Crippen LogP contribution in [-0.2, 0) is 14.8 Å². The number of nitrogens with one attached hydrogen (secondary N) is 1. The molecular weight excluding hydrogens is 370 g/mol. The molecular formula is C18H25N3O5S. The molecule has 1 aliphatic rings. The molecule has 2 aromatic heterocycles. The molecule has 1 fully saturated rings. The molecule has 9 heteroatoms. The van der Waals surface area contributed by atoms with Crippen LogP contribution < -0.4 is 5.32 Å². The van der Waals surface area contributed by atoms with Crippen molar-refractivity contribution >= 4 is 15.9 Å². The molecule has 27 heavy (non-hydrogen) atoms. The second-order valence-electron chi connectivity index (χ2n) is 7.01. The third kappa shape index (κ3) is 3.93. The van der Waals surface area contributed by atoms with Crippen LogP contribution in [0.2, 0.25) is 0 Å². The molecule has 1 unspecified atom stereocenters. The molecule has 3 rings (SSSR count). The van der Waals surface area contributed by atoms with Gasteiger partial charge in [0.25, 0.3) is 0 Å². The van der Waals surface area contributed by atoms with E-state index in [1.807, 2.05) is 26.0 Å². The van der Waals surface area contributed by atoms with Crippen LogP contribution in [0.15, 0.2) is 26.0 Å². The van der Waals surface area contributed by atoms with Crippen molar-refractivity contribution in [2.24, 2.45) is 5.92 Å². The number of hydrogen-bond acceptors (Lipinski definition) is 6. The monoisotopic (exact) mass is 395 g/mol. The Labute approximate surface area is 158 Å². The summed E-state index contributed by atoms with van der Waals surface area (Å²) in [6.45, 7) is 7.50. The van der Waals surface area contributed by atoms with Crippen LogP contribution in [0.25, 0.3) is 0 Å². The van der Waals surface area contributed by atoms with E-state index in [9.17, 15) is 13.2 Å². The van der Waals surface area contributed by atoms with E-state index in [4.69, 9.17) is 8.94 Å². The number of aryl methyl sites for hydroxylation is 3. The number of hydrogen-bond donors (Lipinski definition) is 1. The summed E-state index contributed by atoms with van der Waals surface area (Å²) < 4.78 is 37.6. The summed E-state index contributed by atoms with van der Waals surface area (Å²) >= 11 is 0. The predicted octanol–water partition coefficient (Wildman–Crippen LogP) is 2.47. The molecule has 0 spiro atoms. The van der Waals surface area contributed by atoms with Gasteiger partial charge in [-0.1, -0.05) is 5.16 Å². The van der Waals surface area contributed by atoms with Crippen molar-refractivity contribution < 1.29 is 22.2 Å². The first-order valence-electron chi connectivity index (χ1n) is 9.00. The lowest BCUT2D eigenvalue weighted by Gasteiger charge is -2.30. The smallest absolute Gasteiger partial charge is 0.248 e. The molecule has 1 amide bonds. The maximum absolute atomic E-state index is 12.8. The Kier molecular flexibility index (Phi) is 5.43. The standard InChI is InChI=1S/C18H25N3O5S/c1-11-5-6-16(25-11)12(2)19-18(22)15-7-9-21(10-8-15)27(23,24)17-13(3)20-26-14(17)4/h5-6,12,15H,7-10H2,1-4H3,(H,19,22). The topological polar surface area (TPSA) is 106 Å². The van der Waals surface area contributed by atoms with Crippen LogP contribution in [0, 0.1) is 26.7 Å². The van der Waals surface area contributed by atoms with Gasteiger partial charge in [-0.05, 0) is 52.7 Å². The highest BCUT2D eigenvalue weighted by atomic mass is 32.2. The lowest BCUT2D eigenvalue weighted by atomic mass is 9.97. The first kappa shape index (κ1) is 19.6. The van der Waals surface area contributed by atoms with E-state index in [1.165, 1.54) is 4.31 Å². The number of amides is 1. The maximum atomic E-state index is 12.8. The SMILES string of the molecule is Cc1ccc(C(C)NC(=O)C2CCN(S(=O)(=O)c3c(C)noc3C)CC2)o1. The number of nitrogens with zero attached hydrogens (tertiary/aromatic N) is 2. The number of sulfonamides is 1. The van der Waals surface area contributed by atoms with Gasteiger partial charge in [0, 0.05) is 19.0 Å². The summed E-state index contributed by atoms with van der Waals surface area (Å²) in [6, 6.07) is 3.48. The molecule has 1 N–H and O–H groups in total. The zero-order valence-corrected chi connectivity index (χ0v) is 16.8. The summed E-state index contributed by atoms with van der Waals surface area (Å²) in [4.78, 5) is 12.7. The molecule has 8 nitrogen and oxygen atoms in total. The number of aromatic nitrogens is 1. The Morgan fingerprint density at radius 3 is 2.44 bits per heavy atom. The number of carbonyl (C=O) groups excluding carboxylic acids is 1. The van der Waals surface area contributed by atoms with Crippen molar-refractivity contribution in [2.75, 3.05) is 13.1 Å². The molecule has 0 radical (unpaired) electrons. The first-order chi connectivity index (χ1) is 12.7. The predicted molar refractivity (Wildman–Crippen MR) is 97.5 cm³/mol. The van der Waals surface area contributed by atoms with Crippen LogP contribution in [0.3, 0.4) is 0 Å². The van der Waals surface area contributed by atoms with Gasteiger partial charge in [-0.3, -0.25) is 4.79 Å². The normalized spacial score (nSPS) is 17.8. The van der Waals surface area contributed by atoms with E-state index in [1.54, 1.807) is 13.8 Å². The molecule has 0 bridgehead atoms. The zero-order chi connectivity index (χ0) is 19.8. The van der Waals surface area contributed by atoms with Crippen molar-refractivity contribution in [3.8, 4) is 0 Å². The van der Waals surface area contributed by atoms with Crippen molar-refractivity contribution in [1.29, 1.82) is 0 Å². The maximum Gasteiger partial charge on any atom is 0.248 e. The summed E-state index contributed by atoms with van der Waals surface area (Å²) in [6.07, 6.45) is 0.941. The number of carbonyl (C=O) groups is 1. The van der Waals surface area contributed by atoms with Gasteiger partial charge < -0.3 is 14.3 Å². The molecule has 1 atom stereocenters. The highest BCUT2D eigenvalue weighted by molar-refractivity contribution is 7.89. The molecule has 1 saturated heterocycles. The van der Waals surface area contributed by atoms with E-state index >= 15 is 0 Å². The fourth-order valence-corrected chi connectivity index (χ4v) is 5.18. The minimum Gasteiger partial charge on any atom is -0.464 e. The molecule has 148 valence electrons. The average Bonchev–Trinajstić information content (AvgIpc) is 3.20. The quantitative estimate of drug-likeness (QED) is 0.834. The van der Waals surface area contributed by atoms with Gasteiger partial charge in [-0.2, -0.15) is 4.31 Å². The summed E-state index contributed by atoms with van der Waals surface area (Å²) in [5, 5.41) is 6.68. The Balaban J connectivity index is 1.61. The molecule has 2 aromatic rings. The Morgan fingerprint density at radius 1 is 1.26 bits per heavy atom. The van der Waals surface area contributed by atoms with Gasteiger partial charge >= 0.3 is 0 Å². The minimum absolute atomic E-state index is 0.0778. The van der Waals surface area contributed by atoms with E-state index in [0.717, 1.165) is 5.76 Å². The summed E-state index contributed by atoms with van der Waals surface area (Å²) in [5.41, 5.74) is 0.356. The Morgan fingerprint density at radius 2 is 1.93 bits per heavy atom. The average molecular weight is 395 g/mol. The molecule has 0 saturated carbocycles. The highest BCUT2D eigenvalue weighted by Crippen LogP contribution is 2.28. The van der Waals surface area contributed by atoms with Crippen molar-refractivity contribution in [3.05, 3.63) is 35.1 Å². The van der Waals surface area contributed by atoms with Crippen LogP contribution in [-0.4, -0.2) is 36.9 Å². The van der Waals surface area contributed by atoms with Gasteiger partial charge in [0.1, 0.15) is 22.1 Å². The lowest BCUT2D eigenvalue weighted by Crippen LogP contribution is -2.43. The van der Waals surface area contributed by atoms with E-state index in [0.29, 0.717) is 37.4 Å². The second-order valence-corrected chi connectivity index (χ2v) is 8.89.